The minimum atomic E-state index is -4.72. The molecule has 5 nitrogen and oxygen atoms in total. The molecule has 2 rings (SSSR count). The molecule has 0 aliphatic carbocycles. The highest BCUT2D eigenvalue weighted by molar-refractivity contribution is 5.93. The molecule has 0 spiro atoms. The Morgan fingerprint density at radius 2 is 1.86 bits per heavy atom. The summed E-state index contributed by atoms with van der Waals surface area (Å²) in [5, 5.41) is 2.62. The van der Waals surface area contributed by atoms with Gasteiger partial charge in [0, 0.05) is 12.7 Å². The Balaban J connectivity index is 1.91. The number of amides is 1. The topological polar surface area (TPSA) is 77.2 Å². The number of alkyl halides is 3. The number of carbonyl (C=O) groups is 1. The van der Waals surface area contributed by atoms with Crippen LogP contribution in [0.1, 0.15) is 15.9 Å². The molecule has 0 aliphatic heterocycles. The predicted octanol–water partition coefficient (Wildman–Crippen LogP) is 2.49. The molecule has 3 N–H and O–H groups in total. The van der Waals surface area contributed by atoms with Crippen molar-refractivity contribution in [2.45, 2.75) is 12.9 Å². The molecule has 0 radical (unpaired) electrons. The number of hydrogen-bond donors (Lipinski definition) is 2. The Morgan fingerprint density at radius 3 is 2.41 bits per heavy atom. The molecular weight excluding hydrogens is 299 g/mol. The molecule has 1 amide bonds. The van der Waals surface area contributed by atoms with Gasteiger partial charge in [0.2, 0.25) is 0 Å². The van der Waals surface area contributed by atoms with Crippen molar-refractivity contribution in [1.82, 2.24) is 10.3 Å². The highest BCUT2D eigenvalue weighted by Gasteiger charge is 2.30. The number of pyridine rings is 1. The van der Waals surface area contributed by atoms with Crippen LogP contribution in [0.3, 0.4) is 0 Å². The van der Waals surface area contributed by atoms with E-state index in [4.69, 9.17) is 5.73 Å². The number of nitrogens with two attached hydrogens (primary N) is 1. The standard InChI is InChI=1S/C14H12F3N3O2/c15-14(16,17)22-11-4-1-9(2-5-11)7-20-13(21)10-3-6-12(18)19-8-10/h1-6,8H,7H2,(H2,18,19)(H,20,21). The van der Waals surface area contributed by atoms with Crippen LogP contribution in [0.15, 0.2) is 42.6 Å². The van der Waals surface area contributed by atoms with Gasteiger partial charge in [0.1, 0.15) is 11.6 Å². The fourth-order valence-corrected chi connectivity index (χ4v) is 1.63. The van der Waals surface area contributed by atoms with Crippen molar-refractivity contribution in [3.63, 3.8) is 0 Å². The SMILES string of the molecule is Nc1ccc(C(=O)NCc2ccc(OC(F)(F)F)cc2)cn1. The van der Waals surface area contributed by atoms with Crippen LogP contribution in [0.5, 0.6) is 5.75 Å². The fourth-order valence-electron chi connectivity index (χ4n) is 1.63. The molecule has 1 aromatic heterocycles. The average Bonchev–Trinajstić information content (AvgIpc) is 2.45. The van der Waals surface area contributed by atoms with Gasteiger partial charge in [-0.05, 0) is 29.8 Å². The van der Waals surface area contributed by atoms with E-state index in [9.17, 15) is 18.0 Å². The average molecular weight is 311 g/mol. The lowest BCUT2D eigenvalue weighted by Crippen LogP contribution is -2.23. The van der Waals surface area contributed by atoms with Crippen LogP contribution in [-0.2, 0) is 6.54 Å². The van der Waals surface area contributed by atoms with Crippen molar-refractivity contribution in [3.8, 4) is 5.75 Å². The Labute approximate surface area is 123 Å². The molecule has 116 valence electrons. The second kappa shape index (κ2) is 6.33. The first-order chi connectivity index (χ1) is 10.3. The van der Waals surface area contributed by atoms with Gasteiger partial charge in [-0.25, -0.2) is 4.98 Å². The van der Waals surface area contributed by atoms with Crippen LogP contribution in [0, 0.1) is 0 Å². The quantitative estimate of drug-likeness (QED) is 0.909. The van der Waals surface area contributed by atoms with E-state index in [0.717, 1.165) is 0 Å². The summed E-state index contributed by atoms with van der Waals surface area (Å²) in [5.41, 5.74) is 6.38. The molecule has 8 heteroatoms. The van der Waals surface area contributed by atoms with Gasteiger partial charge < -0.3 is 15.8 Å². The van der Waals surface area contributed by atoms with Gasteiger partial charge in [0.05, 0.1) is 5.56 Å². The Kier molecular flexibility index (Phi) is 4.50. The van der Waals surface area contributed by atoms with E-state index in [1.54, 1.807) is 0 Å². The van der Waals surface area contributed by atoms with Crippen molar-refractivity contribution in [2.24, 2.45) is 0 Å². The number of nitrogen functional groups attached to an aromatic ring is 1. The highest BCUT2D eigenvalue weighted by Crippen LogP contribution is 2.22. The van der Waals surface area contributed by atoms with E-state index in [1.807, 2.05) is 0 Å². The van der Waals surface area contributed by atoms with Crippen molar-refractivity contribution in [1.29, 1.82) is 0 Å². The van der Waals surface area contributed by atoms with Crippen LogP contribution in [0.4, 0.5) is 19.0 Å². The summed E-state index contributed by atoms with van der Waals surface area (Å²) in [6.45, 7) is 0.162. The summed E-state index contributed by atoms with van der Waals surface area (Å²) in [5.74, 6) is -0.370. The fraction of sp³-hybridized carbons (Fsp3) is 0.143. The van der Waals surface area contributed by atoms with Gasteiger partial charge in [-0.3, -0.25) is 4.79 Å². The number of benzene rings is 1. The molecule has 0 fully saturated rings. The zero-order valence-corrected chi connectivity index (χ0v) is 11.2. The first-order valence-electron chi connectivity index (χ1n) is 6.18. The summed E-state index contributed by atoms with van der Waals surface area (Å²) in [7, 11) is 0. The summed E-state index contributed by atoms with van der Waals surface area (Å²) in [4.78, 5) is 15.6. The molecule has 0 bridgehead atoms. The largest absolute Gasteiger partial charge is 0.573 e. The summed E-state index contributed by atoms with van der Waals surface area (Å²) >= 11 is 0. The molecule has 0 saturated carbocycles. The zero-order chi connectivity index (χ0) is 16.2. The lowest BCUT2D eigenvalue weighted by Gasteiger charge is -2.09. The highest BCUT2D eigenvalue weighted by atomic mass is 19.4. The van der Waals surface area contributed by atoms with Crippen LogP contribution in [-0.4, -0.2) is 17.3 Å². The van der Waals surface area contributed by atoms with Crippen LogP contribution in [0.25, 0.3) is 0 Å². The van der Waals surface area contributed by atoms with E-state index >= 15 is 0 Å². The number of aromatic nitrogens is 1. The molecule has 22 heavy (non-hydrogen) atoms. The molecule has 1 heterocycles. The van der Waals surface area contributed by atoms with Crippen LogP contribution >= 0.6 is 0 Å². The van der Waals surface area contributed by atoms with Gasteiger partial charge >= 0.3 is 6.36 Å². The van der Waals surface area contributed by atoms with E-state index < -0.39 is 6.36 Å². The molecule has 0 atom stereocenters. The second-order valence-electron chi connectivity index (χ2n) is 4.35. The maximum atomic E-state index is 12.0. The van der Waals surface area contributed by atoms with E-state index in [0.29, 0.717) is 16.9 Å². The minimum Gasteiger partial charge on any atom is -0.406 e. The first kappa shape index (κ1) is 15.6. The van der Waals surface area contributed by atoms with Gasteiger partial charge in [-0.15, -0.1) is 13.2 Å². The minimum absolute atomic E-state index is 0.162. The van der Waals surface area contributed by atoms with Gasteiger partial charge in [0.25, 0.3) is 5.91 Å². The monoisotopic (exact) mass is 311 g/mol. The third-order valence-corrected chi connectivity index (χ3v) is 2.66. The molecule has 2 aromatic rings. The number of ether oxygens (including phenoxy) is 1. The number of nitrogens with one attached hydrogen (secondary N) is 1. The summed E-state index contributed by atoms with van der Waals surface area (Å²) in [6.07, 6.45) is -3.39. The third kappa shape index (κ3) is 4.65. The maximum Gasteiger partial charge on any atom is 0.573 e. The Bertz CT molecular complexity index is 640. The van der Waals surface area contributed by atoms with Crippen LogP contribution < -0.4 is 15.8 Å². The Hall–Kier alpha value is -2.77. The molecule has 1 aromatic carbocycles. The summed E-state index contributed by atoms with van der Waals surface area (Å²) < 4.78 is 39.8. The first-order valence-corrected chi connectivity index (χ1v) is 6.18. The summed E-state index contributed by atoms with van der Waals surface area (Å²) in [6, 6.07) is 8.25. The maximum absolute atomic E-state index is 12.0. The zero-order valence-electron chi connectivity index (χ0n) is 11.2. The number of hydrogen-bond acceptors (Lipinski definition) is 4. The molecular formula is C14H12F3N3O2. The number of nitrogens with zero attached hydrogens (tertiary/aromatic N) is 1. The number of halogens is 3. The van der Waals surface area contributed by atoms with E-state index in [-0.39, 0.29) is 18.2 Å². The normalized spacial score (nSPS) is 11.0. The van der Waals surface area contributed by atoms with Gasteiger partial charge in [-0.2, -0.15) is 0 Å². The predicted molar refractivity (Wildman–Crippen MR) is 72.9 cm³/mol. The van der Waals surface area contributed by atoms with Crippen molar-refractivity contribution in [3.05, 3.63) is 53.7 Å². The second-order valence-corrected chi connectivity index (χ2v) is 4.35. The van der Waals surface area contributed by atoms with Crippen molar-refractivity contribution < 1.29 is 22.7 Å². The molecule has 0 unspecified atom stereocenters. The van der Waals surface area contributed by atoms with Gasteiger partial charge in [-0.1, -0.05) is 12.1 Å². The molecule has 0 saturated heterocycles. The number of carbonyl (C=O) groups excluding carboxylic acids is 1. The lowest BCUT2D eigenvalue weighted by atomic mass is 10.2. The van der Waals surface area contributed by atoms with E-state index in [1.165, 1.54) is 42.6 Å². The van der Waals surface area contributed by atoms with Crippen LogP contribution in [0.2, 0.25) is 0 Å². The smallest absolute Gasteiger partial charge is 0.406 e. The Morgan fingerprint density at radius 1 is 1.18 bits per heavy atom. The van der Waals surface area contributed by atoms with Crippen molar-refractivity contribution >= 4 is 11.7 Å². The number of anilines is 1. The third-order valence-electron chi connectivity index (χ3n) is 2.66. The van der Waals surface area contributed by atoms with Crippen molar-refractivity contribution in [2.75, 3.05) is 5.73 Å². The number of rotatable bonds is 4. The van der Waals surface area contributed by atoms with E-state index in [2.05, 4.69) is 15.0 Å². The van der Waals surface area contributed by atoms with Gasteiger partial charge in [0.15, 0.2) is 0 Å². The lowest BCUT2D eigenvalue weighted by molar-refractivity contribution is -0.274. The molecule has 0 aliphatic rings.